The topological polar surface area (TPSA) is 73.5 Å². The van der Waals surface area contributed by atoms with E-state index in [2.05, 4.69) is 78.0 Å². The molecule has 2 aliphatic heterocycles. The van der Waals surface area contributed by atoms with Crippen LogP contribution < -0.4 is 16.0 Å². The Kier molecular flexibility index (Phi) is 10.5. The Morgan fingerprint density at radius 2 is 1.67 bits per heavy atom. The second-order valence-electron chi connectivity index (χ2n) is 14.3. The second-order valence-corrected chi connectivity index (χ2v) is 14.7. The van der Waals surface area contributed by atoms with Crippen molar-refractivity contribution in [3.05, 3.63) is 70.2 Å². The summed E-state index contributed by atoms with van der Waals surface area (Å²) >= 11 is 6.16. The summed E-state index contributed by atoms with van der Waals surface area (Å²) in [6, 6.07) is 16.1. The van der Waals surface area contributed by atoms with Crippen LogP contribution in [0.1, 0.15) is 88.8 Å². The summed E-state index contributed by atoms with van der Waals surface area (Å²) in [7, 11) is 0. The van der Waals surface area contributed by atoms with Crippen LogP contribution in [0.4, 0.5) is 0 Å². The molecule has 2 heterocycles. The SMILES string of the molecule is CC(C)(C)NC(=O)C1(C2CCCCC2)CCN(CC[C@H](Cc2ccc(Cl)cc2)NC(=O)[C@H]2Cc3ccccc3CN2)CC1. The van der Waals surface area contributed by atoms with E-state index in [-0.39, 0.29) is 34.9 Å². The van der Waals surface area contributed by atoms with Gasteiger partial charge in [0.05, 0.1) is 11.5 Å². The number of halogens is 1. The third kappa shape index (κ3) is 8.40. The molecule has 2 amide bonds. The Morgan fingerprint density at radius 3 is 2.35 bits per heavy atom. The molecule has 1 aliphatic carbocycles. The average Bonchev–Trinajstić information content (AvgIpc) is 3.00. The Bertz CT molecular complexity index is 1230. The highest BCUT2D eigenvalue weighted by Crippen LogP contribution is 2.46. The molecule has 3 aliphatic rings. The van der Waals surface area contributed by atoms with E-state index >= 15 is 0 Å². The summed E-state index contributed by atoms with van der Waals surface area (Å²) < 4.78 is 0. The number of benzene rings is 2. The molecule has 234 valence electrons. The monoisotopic (exact) mass is 606 g/mol. The van der Waals surface area contributed by atoms with Crippen molar-refractivity contribution in [2.24, 2.45) is 11.3 Å². The van der Waals surface area contributed by atoms with Crippen LogP contribution in [0.3, 0.4) is 0 Å². The molecule has 1 saturated heterocycles. The molecule has 0 unspecified atom stereocenters. The van der Waals surface area contributed by atoms with Crippen LogP contribution >= 0.6 is 11.6 Å². The van der Waals surface area contributed by atoms with Crippen molar-refractivity contribution in [3.8, 4) is 0 Å². The average molecular weight is 607 g/mol. The van der Waals surface area contributed by atoms with Crippen LogP contribution in [0.25, 0.3) is 0 Å². The van der Waals surface area contributed by atoms with Gasteiger partial charge in [-0.25, -0.2) is 0 Å². The van der Waals surface area contributed by atoms with E-state index in [1.165, 1.54) is 48.8 Å². The highest BCUT2D eigenvalue weighted by Gasteiger charge is 2.48. The van der Waals surface area contributed by atoms with Crippen LogP contribution in [-0.2, 0) is 29.0 Å². The normalized spacial score (nSPS) is 21.9. The van der Waals surface area contributed by atoms with Crippen molar-refractivity contribution in [2.75, 3.05) is 19.6 Å². The van der Waals surface area contributed by atoms with Gasteiger partial charge in [0.15, 0.2) is 0 Å². The Morgan fingerprint density at radius 1 is 1.00 bits per heavy atom. The number of amides is 2. The predicted molar refractivity (Wildman–Crippen MR) is 175 cm³/mol. The molecule has 0 spiro atoms. The maximum Gasteiger partial charge on any atom is 0.237 e. The van der Waals surface area contributed by atoms with Gasteiger partial charge >= 0.3 is 0 Å². The van der Waals surface area contributed by atoms with Crippen molar-refractivity contribution in [1.82, 2.24) is 20.9 Å². The first kappa shape index (κ1) is 32.0. The van der Waals surface area contributed by atoms with Gasteiger partial charge in [0.2, 0.25) is 11.8 Å². The first-order chi connectivity index (χ1) is 20.6. The molecule has 2 fully saturated rings. The number of hydrogen-bond acceptors (Lipinski definition) is 4. The molecular formula is C36H51ClN4O2. The number of nitrogens with zero attached hydrogens (tertiary/aromatic N) is 1. The molecule has 2 aromatic rings. The molecule has 2 atom stereocenters. The quantitative estimate of drug-likeness (QED) is 0.325. The minimum Gasteiger partial charge on any atom is -0.352 e. The van der Waals surface area contributed by atoms with Crippen molar-refractivity contribution in [1.29, 1.82) is 0 Å². The van der Waals surface area contributed by atoms with Gasteiger partial charge in [-0.15, -0.1) is 0 Å². The van der Waals surface area contributed by atoms with Gasteiger partial charge in [0, 0.05) is 29.7 Å². The summed E-state index contributed by atoms with van der Waals surface area (Å²) in [5.74, 6) is 0.819. The van der Waals surface area contributed by atoms with Crippen molar-refractivity contribution in [3.63, 3.8) is 0 Å². The largest absolute Gasteiger partial charge is 0.352 e. The zero-order valence-electron chi connectivity index (χ0n) is 26.4. The maximum atomic E-state index is 13.8. The lowest BCUT2D eigenvalue weighted by Gasteiger charge is -2.48. The van der Waals surface area contributed by atoms with Gasteiger partial charge in [0.25, 0.3) is 0 Å². The third-order valence-electron chi connectivity index (χ3n) is 10.0. The minimum atomic E-state index is -0.260. The number of carbonyl (C=O) groups is 2. The van der Waals surface area contributed by atoms with E-state index < -0.39 is 0 Å². The van der Waals surface area contributed by atoms with Crippen molar-refractivity contribution in [2.45, 2.75) is 109 Å². The fourth-order valence-electron chi connectivity index (χ4n) is 7.53. The van der Waals surface area contributed by atoms with Gasteiger partial charge < -0.3 is 20.9 Å². The van der Waals surface area contributed by atoms with E-state index in [1.807, 2.05) is 12.1 Å². The zero-order valence-corrected chi connectivity index (χ0v) is 27.1. The Labute approximate surface area is 263 Å². The number of rotatable bonds is 9. The standard InChI is InChI=1S/C36H51ClN4O2/c1-35(2,3)40-34(43)36(29-11-5-4-6-12-29)18-21-41(22-19-36)20-17-31(23-26-13-15-30(37)16-14-26)39-33(42)32-24-27-9-7-8-10-28(27)25-38-32/h7-10,13-16,29,31-32,38H,4-6,11-12,17-25H2,1-3H3,(H,39,42)(H,40,43)/t31-,32-/m1/s1. The van der Waals surface area contributed by atoms with Gasteiger partial charge in [-0.1, -0.05) is 67.3 Å². The molecule has 1 saturated carbocycles. The van der Waals surface area contributed by atoms with Crippen LogP contribution in [0.15, 0.2) is 48.5 Å². The molecular weight excluding hydrogens is 556 g/mol. The highest BCUT2D eigenvalue weighted by molar-refractivity contribution is 6.30. The highest BCUT2D eigenvalue weighted by atomic mass is 35.5. The van der Waals surface area contributed by atoms with Gasteiger partial charge in [-0.2, -0.15) is 0 Å². The smallest absolute Gasteiger partial charge is 0.237 e. The van der Waals surface area contributed by atoms with E-state index in [4.69, 9.17) is 11.6 Å². The van der Waals surface area contributed by atoms with E-state index in [0.29, 0.717) is 12.3 Å². The molecule has 6 nitrogen and oxygen atoms in total. The van der Waals surface area contributed by atoms with E-state index in [1.54, 1.807) is 0 Å². The van der Waals surface area contributed by atoms with E-state index in [0.717, 1.165) is 56.9 Å². The zero-order chi connectivity index (χ0) is 30.5. The number of likely N-dealkylation sites (tertiary alicyclic amines) is 1. The fourth-order valence-corrected chi connectivity index (χ4v) is 7.65. The molecule has 5 rings (SSSR count). The van der Waals surface area contributed by atoms with Crippen LogP contribution in [0.2, 0.25) is 5.02 Å². The number of piperidine rings is 1. The lowest BCUT2D eigenvalue weighted by Crippen LogP contribution is -2.56. The lowest BCUT2D eigenvalue weighted by atomic mass is 9.63. The summed E-state index contributed by atoms with van der Waals surface area (Å²) in [5.41, 5.74) is 3.21. The Hall–Kier alpha value is -2.41. The molecule has 0 bridgehead atoms. The van der Waals surface area contributed by atoms with Crippen LogP contribution in [0, 0.1) is 11.3 Å². The first-order valence-corrected chi connectivity index (χ1v) is 16.9. The second kappa shape index (κ2) is 14.1. The van der Waals surface area contributed by atoms with E-state index in [9.17, 15) is 9.59 Å². The maximum absolute atomic E-state index is 13.8. The lowest BCUT2D eigenvalue weighted by molar-refractivity contribution is -0.141. The summed E-state index contributed by atoms with van der Waals surface area (Å²) in [5, 5.41) is 10.9. The van der Waals surface area contributed by atoms with Gasteiger partial charge in [0.1, 0.15) is 0 Å². The summed E-state index contributed by atoms with van der Waals surface area (Å²) in [4.78, 5) is 29.8. The van der Waals surface area contributed by atoms with Crippen LogP contribution in [0.5, 0.6) is 0 Å². The number of hydrogen-bond donors (Lipinski definition) is 3. The number of fused-ring (bicyclic) bond motifs is 1. The molecule has 43 heavy (non-hydrogen) atoms. The minimum absolute atomic E-state index is 0.0156. The molecule has 7 heteroatoms. The fraction of sp³-hybridized carbons (Fsp3) is 0.611. The number of nitrogens with one attached hydrogen (secondary N) is 3. The number of carbonyl (C=O) groups excluding carboxylic acids is 2. The third-order valence-corrected chi connectivity index (χ3v) is 10.3. The predicted octanol–water partition coefficient (Wildman–Crippen LogP) is 6.05. The Balaban J connectivity index is 1.22. The molecule has 0 aromatic heterocycles. The van der Waals surface area contributed by atoms with Crippen molar-refractivity contribution >= 4 is 23.4 Å². The molecule has 2 aromatic carbocycles. The summed E-state index contributed by atoms with van der Waals surface area (Å²) in [6.45, 7) is 9.74. The molecule has 3 N–H and O–H groups in total. The first-order valence-electron chi connectivity index (χ1n) is 16.5. The van der Waals surface area contributed by atoms with Crippen LogP contribution in [-0.4, -0.2) is 54.0 Å². The summed E-state index contributed by atoms with van der Waals surface area (Å²) in [6.07, 6.45) is 10.3. The van der Waals surface area contributed by atoms with Gasteiger partial charge in [-0.3, -0.25) is 9.59 Å². The molecule has 0 radical (unpaired) electrons. The van der Waals surface area contributed by atoms with Crippen molar-refractivity contribution < 1.29 is 9.59 Å². The van der Waals surface area contributed by atoms with Gasteiger partial charge in [-0.05, 0) is 114 Å².